The topological polar surface area (TPSA) is 53.0 Å². The minimum Gasteiger partial charge on any atom is -0.508 e. The average Bonchev–Trinajstić information content (AvgIpc) is 3.16. The first-order valence-corrected chi connectivity index (χ1v) is 5.41. The molecule has 1 unspecified atom stereocenters. The van der Waals surface area contributed by atoms with E-state index in [-0.39, 0.29) is 6.10 Å². The molecule has 0 amide bonds. The molecule has 1 heterocycles. The van der Waals surface area contributed by atoms with Crippen LogP contribution in [0.15, 0.2) is 54.6 Å². The minimum atomic E-state index is 0.154. The molecule has 1 aliphatic heterocycles. The van der Waals surface area contributed by atoms with Gasteiger partial charge in [-0.1, -0.05) is 36.4 Å². The summed E-state index contributed by atoms with van der Waals surface area (Å²) in [6, 6.07) is 16.0. The standard InChI is InChI=1S/C8H8O2.C6H6O/c9-7-4-2-1-3-6(7)8-5-10-8;7-6-4-2-1-3-5-6/h1-4,8-9H,5H2;1-5,7H. The maximum absolute atomic E-state index is 9.24. The van der Waals surface area contributed by atoms with Crippen molar-refractivity contribution in [2.45, 2.75) is 6.10 Å². The second kappa shape index (κ2) is 5.37. The Bertz CT molecular complexity index is 464. The van der Waals surface area contributed by atoms with Crippen molar-refractivity contribution in [3.63, 3.8) is 0 Å². The molecule has 3 heteroatoms. The first-order chi connectivity index (χ1) is 8.27. The number of para-hydroxylation sites is 2. The third-order valence-electron chi connectivity index (χ3n) is 2.37. The van der Waals surface area contributed by atoms with Crippen LogP contribution in [0.5, 0.6) is 11.5 Å². The molecule has 17 heavy (non-hydrogen) atoms. The van der Waals surface area contributed by atoms with Crippen LogP contribution in [-0.2, 0) is 4.74 Å². The Labute approximate surface area is 99.9 Å². The molecule has 0 bridgehead atoms. The first-order valence-electron chi connectivity index (χ1n) is 5.41. The van der Waals surface area contributed by atoms with E-state index in [1.807, 2.05) is 18.2 Å². The van der Waals surface area contributed by atoms with Gasteiger partial charge in [-0.15, -0.1) is 0 Å². The zero-order chi connectivity index (χ0) is 12.1. The van der Waals surface area contributed by atoms with Crippen LogP contribution in [0.3, 0.4) is 0 Å². The van der Waals surface area contributed by atoms with Gasteiger partial charge in [0.2, 0.25) is 0 Å². The van der Waals surface area contributed by atoms with Gasteiger partial charge in [-0.25, -0.2) is 0 Å². The van der Waals surface area contributed by atoms with Crippen LogP contribution < -0.4 is 0 Å². The lowest BCUT2D eigenvalue weighted by Crippen LogP contribution is -1.79. The van der Waals surface area contributed by atoms with E-state index in [9.17, 15) is 5.11 Å². The summed E-state index contributed by atoms with van der Waals surface area (Å²) in [5.41, 5.74) is 0.905. The summed E-state index contributed by atoms with van der Waals surface area (Å²) >= 11 is 0. The smallest absolute Gasteiger partial charge is 0.121 e. The number of hydrogen-bond donors (Lipinski definition) is 2. The second-order valence-electron chi connectivity index (χ2n) is 3.72. The average molecular weight is 230 g/mol. The van der Waals surface area contributed by atoms with Crippen molar-refractivity contribution < 1.29 is 14.9 Å². The van der Waals surface area contributed by atoms with Crippen LogP contribution in [0, 0.1) is 0 Å². The van der Waals surface area contributed by atoms with E-state index < -0.39 is 0 Å². The zero-order valence-corrected chi connectivity index (χ0v) is 9.28. The first kappa shape index (κ1) is 11.5. The van der Waals surface area contributed by atoms with E-state index >= 15 is 0 Å². The number of aromatic hydroxyl groups is 2. The maximum Gasteiger partial charge on any atom is 0.121 e. The molecule has 3 rings (SSSR count). The molecule has 2 aromatic rings. The van der Waals surface area contributed by atoms with E-state index in [4.69, 9.17) is 9.84 Å². The fraction of sp³-hybridized carbons (Fsp3) is 0.143. The maximum atomic E-state index is 9.24. The van der Waals surface area contributed by atoms with Crippen molar-refractivity contribution in [2.24, 2.45) is 0 Å². The van der Waals surface area contributed by atoms with E-state index in [0.29, 0.717) is 11.5 Å². The fourth-order valence-corrected chi connectivity index (χ4v) is 1.42. The van der Waals surface area contributed by atoms with Gasteiger partial charge in [0.05, 0.1) is 6.61 Å². The predicted molar refractivity (Wildman–Crippen MR) is 64.9 cm³/mol. The Morgan fingerprint density at radius 3 is 1.94 bits per heavy atom. The van der Waals surface area contributed by atoms with Gasteiger partial charge in [-0.2, -0.15) is 0 Å². The van der Waals surface area contributed by atoms with Gasteiger partial charge in [0.15, 0.2) is 0 Å². The molecule has 3 nitrogen and oxygen atoms in total. The number of benzene rings is 2. The third kappa shape index (κ3) is 3.50. The molecule has 0 radical (unpaired) electrons. The van der Waals surface area contributed by atoms with Crippen molar-refractivity contribution in [3.8, 4) is 11.5 Å². The number of ether oxygens (including phenoxy) is 1. The van der Waals surface area contributed by atoms with E-state index in [1.165, 1.54) is 0 Å². The molecule has 0 spiro atoms. The van der Waals surface area contributed by atoms with Gasteiger partial charge < -0.3 is 14.9 Å². The summed E-state index contributed by atoms with van der Waals surface area (Å²) in [5.74, 6) is 0.660. The Morgan fingerprint density at radius 1 is 0.882 bits per heavy atom. The highest BCUT2D eigenvalue weighted by molar-refractivity contribution is 5.35. The highest BCUT2D eigenvalue weighted by Gasteiger charge is 2.26. The van der Waals surface area contributed by atoms with Crippen LogP contribution in [-0.4, -0.2) is 16.8 Å². The molecule has 1 saturated heterocycles. The van der Waals surface area contributed by atoms with Gasteiger partial charge in [0.25, 0.3) is 0 Å². The zero-order valence-electron chi connectivity index (χ0n) is 9.28. The summed E-state index contributed by atoms with van der Waals surface area (Å²) in [6.45, 7) is 0.748. The third-order valence-corrected chi connectivity index (χ3v) is 2.37. The van der Waals surface area contributed by atoms with E-state index in [1.54, 1.807) is 36.4 Å². The van der Waals surface area contributed by atoms with Gasteiger partial charge >= 0.3 is 0 Å². The Balaban J connectivity index is 0.000000136. The lowest BCUT2D eigenvalue weighted by molar-refractivity contribution is 0.401. The molecule has 0 aliphatic carbocycles. The lowest BCUT2D eigenvalue weighted by atomic mass is 10.1. The normalized spacial score (nSPS) is 16.8. The van der Waals surface area contributed by atoms with Crippen molar-refractivity contribution in [1.82, 2.24) is 0 Å². The van der Waals surface area contributed by atoms with E-state index in [2.05, 4.69) is 0 Å². The molecule has 0 aromatic heterocycles. The fourth-order valence-electron chi connectivity index (χ4n) is 1.42. The quantitative estimate of drug-likeness (QED) is 0.741. The predicted octanol–water partition coefficient (Wildman–Crippen LogP) is 2.86. The van der Waals surface area contributed by atoms with E-state index in [0.717, 1.165) is 12.2 Å². The van der Waals surface area contributed by atoms with Crippen molar-refractivity contribution in [2.75, 3.05) is 6.61 Å². The van der Waals surface area contributed by atoms with Gasteiger partial charge in [0.1, 0.15) is 17.6 Å². The van der Waals surface area contributed by atoms with Crippen LogP contribution in [0.25, 0.3) is 0 Å². The number of hydrogen-bond acceptors (Lipinski definition) is 3. The summed E-state index contributed by atoms with van der Waals surface area (Å²) in [6.07, 6.45) is 0.154. The molecular weight excluding hydrogens is 216 g/mol. The lowest BCUT2D eigenvalue weighted by Gasteiger charge is -1.96. The van der Waals surface area contributed by atoms with Crippen LogP contribution >= 0.6 is 0 Å². The highest BCUT2D eigenvalue weighted by atomic mass is 16.6. The Morgan fingerprint density at radius 2 is 1.47 bits per heavy atom. The molecule has 2 aromatic carbocycles. The monoisotopic (exact) mass is 230 g/mol. The molecular formula is C14H14O3. The molecule has 88 valence electrons. The number of rotatable bonds is 1. The molecule has 0 saturated carbocycles. The van der Waals surface area contributed by atoms with Crippen LogP contribution in [0.2, 0.25) is 0 Å². The van der Waals surface area contributed by atoms with Crippen LogP contribution in [0.4, 0.5) is 0 Å². The summed E-state index contributed by atoms with van der Waals surface area (Å²) < 4.78 is 5.02. The number of epoxide rings is 1. The molecule has 1 atom stereocenters. The van der Waals surface area contributed by atoms with Gasteiger partial charge in [0, 0.05) is 5.56 Å². The molecule has 1 aliphatic rings. The number of phenolic OH excluding ortho intramolecular Hbond substituents is 2. The minimum absolute atomic E-state index is 0.154. The molecule has 2 N–H and O–H groups in total. The second-order valence-corrected chi connectivity index (χ2v) is 3.72. The van der Waals surface area contributed by atoms with Crippen molar-refractivity contribution in [1.29, 1.82) is 0 Å². The largest absolute Gasteiger partial charge is 0.508 e. The van der Waals surface area contributed by atoms with Crippen molar-refractivity contribution >= 4 is 0 Å². The summed E-state index contributed by atoms with van der Waals surface area (Å²) in [4.78, 5) is 0. The van der Waals surface area contributed by atoms with Crippen LogP contribution in [0.1, 0.15) is 11.7 Å². The Hall–Kier alpha value is -2.00. The number of phenols is 2. The highest BCUT2D eigenvalue weighted by Crippen LogP contribution is 2.34. The summed E-state index contributed by atoms with van der Waals surface area (Å²) in [5, 5.41) is 17.9. The molecule has 1 fully saturated rings. The SMILES string of the molecule is Oc1ccccc1.Oc1ccccc1C1CO1. The van der Waals surface area contributed by atoms with Crippen molar-refractivity contribution in [3.05, 3.63) is 60.2 Å². The summed E-state index contributed by atoms with van der Waals surface area (Å²) in [7, 11) is 0. The van der Waals surface area contributed by atoms with Gasteiger partial charge in [-0.3, -0.25) is 0 Å². The van der Waals surface area contributed by atoms with Gasteiger partial charge in [-0.05, 0) is 18.2 Å². The Kier molecular flexibility index (Phi) is 3.62.